The number of aryl methyl sites for hydroxylation is 1. The van der Waals surface area contributed by atoms with Crippen LogP contribution in [0.3, 0.4) is 0 Å². The second-order valence-corrected chi connectivity index (χ2v) is 8.45. The number of pyridine rings is 1. The number of carbonyl (C=O) groups is 1. The molecule has 0 aliphatic rings. The Hall–Kier alpha value is -3.49. The zero-order valence-corrected chi connectivity index (χ0v) is 19.7. The third-order valence-electron chi connectivity index (χ3n) is 5.44. The maximum Gasteiger partial charge on any atom is 0.249 e. The molecule has 7 nitrogen and oxygen atoms in total. The lowest BCUT2D eigenvalue weighted by Gasteiger charge is -2.20. The van der Waals surface area contributed by atoms with Gasteiger partial charge in [-0.15, -0.1) is 0 Å². The van der Waals surface area contributed by atoms with E-state index >= 15 is 0 Å². The van der Waals surface area contributed by atoms with E-state index in [9.17, 15) is 14.3 Å². The van der Waals surface area contributed by atoms with E-state index in [2.05, 4.69) is 15.4 Å². The predicted octanol–water partition coefficient (Wildman–Crippen LogP) is 4.66. The number of aliphatic hydroxyl groups excluding tert-OH is 1. The minimum absolute atomic E-state index is 0.129. The third kappa shape index (κ3) is 4.88. The molecule has 4 aromatic rings. The Balaban J connectivity index is 1.68. The standard InChI is InChI=1S/C25H24ClFN4O3/c1-14-10-22(31-12-17(27)11-28-31)19-7-5-9-23(24(19)29-14)34-13-20-18(6-4-8-21(20)26)15(2)30-25(33)16(3)32/h4-12,15-16,32H,13H2,1-3H3,(H,30,33)/t15?,16-/m0/s1. The number of ether oxygens (including phenoxy) is 1. The molecule has 4 rings (SSSR count). The summed E-state index contributed by atoms with van der Waals surface area (Å²) in [5.41, 5.74) is 3.50. The molecule has 1 amide bonds. The Bertz CT molecular complexity index is 1360. The van der Waals surface area contributed by atoms with Gasteiger partial charge in [0.25, 0.3) is 0 Å². The summed E-state index contributed by atoms with van der Waals surface area (Å²) in [7, 11) is 0. The van der Waals surface area contributed by atoms with Gasteiger partial charge in [-0.1, -0.05) is 35.9 Å². The fourth-order valence-electron chi connectivity index (χ4n) is 3.76. The first kappa shape index (κ1) is 23.7. The quantitative estimate of drug-likeness (QED) is 0.400. The van der Waals surface area contributed by atoms with E-state index in [0.29, 0.717) is 27.5 Å². The van der Waals surface area contributed by atoms with E-state index < -0.39 is 23.9 Å². The molecule has 0 spiro atoms. The first-order valence-corrected chi connectivity index (χ1v) is 11.1. The third-order valence-corrected chi connectivity index (χ3v) is 5.79. The Morgan fingerprint density at radius 2 is 2.03 bits per heavy atom. The van der Waals surface area contributed by atoms with Crippen molar-refractivity contribution in [2.75, 3.05) is 0 Å². The molecule has 9 heteroatoms. The average Bonchev–Trinajstić information content (AvgIpc) is 3.23. The molecule has 176 valence electrons. The molecule has 34 heavy (non-hydrogen) atoms. The summed E-state index contributed by atoms with van der Waals surface area (Å²) in [5, 5.41) is 17.6. The Morgan fingerprint density at radius 1 is 1.26 bits per heavy atom. The van der Waals surface area contributed by atoms with E-state index in [1.54, 1.807) is 18.2 Å². The summed E-state index contributed by atoms with van der Waals surface area (Å²) in [6.07, 6.45) is 1.34. The topological polar surface area (TPSA) is 89.3 Å². The van der Waals surface area contributed by atoms with E-state index in [4.69, 9.17) is 16.3 Å². The van der Waals surface area contributed by atoms with Gasteiger partial charge in [0.05, 0.1) is 24.1 Å². The molecular formula is C25H24ClFN4O3. The molecule has 2 aromatic heterocycles. The van der Waals surface area contributed by atoms with Gasteiger partial charge < -0.3 is 15.2 Å². The predicted molar refractivity (Wildman–Crippen MR) is 128 cm³/mol. The lowest BCUT2D eigenvalue weighted by Crippen LogP contribution is -2.34. The number of nitrogens with zero attached hydrogens (tertiary/aromatic N) is 3. The van der Waals surface area contributed by atoms with Crippen LogP contribution in [0.2, 0.25) is 5.02 Å². The van der Waals surface area contributed by atoms with Crippen LogP contribution < -0.4 is 10.1 Å². The highest BCUT2D eigenvalue weighted by atomic mass is 35.5. The minimum atomic E-state index is -1.12. The van der Waals surface area contributed by atoms with Gasteiger partial charge in [-0.25, -0.2) is 14.1 Å². The molecule has 1 unspecified atom stereocenters. The van der Waals surface area contributed by atoms with Crippen molar-refractivity contribution in [2.24, 2.45) is 0 Å². The fraction of sp³-hybridized carbons (Fsp3) is 0.240. The molecule has 0 saturated heterocycles. The number of amides is 1. The molecule has 2 atom stereocenters. The van der Waals surface area contributed by atoms with Gasteiger partial charge in [-0.2, -0.15) is 5.10 Å². The van der Waals surface area contributed by atoms with Crippen molar-refractivity contribution in [1.82, 2.24) is 20.1 Å². The number of halogens is 2. The smallest absolute Gasteiger partial charge is 0.249 e. The normalized spacial score (nSPS) is 13.0. The summed E-state index contributed by atoms with van der Waals surface area (Å²) in [5.74, 6) is -0.379. The van der Waals surface area contributed by atoms with Crippen LogP contribution in [0, 0.1) is 12.7 Å². The van der Waals surface area contributed by atoms with Gasteiger partial charge in [-0.05, 0) is 44.5 Å². The number of benzene rings is 2. The number of aliphatic hydroxyl groups is 1. The van der Waals surface area contributed by atoms with Crippen LogP contribution in [0.25, 0.3) is 16.6 Å². The van der Waals surface area contributed by atoms with E-state index in [1.165, 1.54) is 17.8 Å². The molecule has 0 fully saturated rings. The van der Waals surface area contributed by atoms with E-state index in [0.717, 1.165) is 22.8 Å². The van der Waals surface area contributed by atoms with Crippen molar-refractivity contribution in [3.8, 4) is 11.4 Å². The molecule has 2 N–H and O–H groups in total. The Labute approximate surface area is 201 Å². The first-order chi connectivity index (χ1) is 16.2. The summed E-state index contributed by atoms with van der Waals surface area (Å²) in [4.78, 5) is 16.6. The molecule has 0 aliphatic heterocycles. The Morgan fingerprint density at radius 3 is 2.74 bits per heavy atom. The molecular weight excluding hydrogens is 459 g/mol. The van der Waals surface area contributed by atoms with Gasteiger partial charge in [0.2, 0.25) is 5.91 Å². The number of fused-ring (bicyclic) bond motifs is 1. The molecule has 2 aromatic carbocycles. The van der Waals surface area contributed by atoms with Gasteiger partial charge in [0.15, 0.2) is 5.82 Å². The van der Waals surface area contributed by atoms with Gasteiger partial charge in [0, 0.05) is 21.7 Å². The van der Waals surface area contributed by atoms with Crippen molar-refractivity contribution in [1.29, 1.82) is 0 Å². The summed E-state index contributed by atoms with van der Waals surface area (Å²) >= 11 is 6.49. The maximum atomic E-state index is 13.6. The van der Waals surface area contributed by atoms with Gasteiger partial charge >= 0.3 is 0 Å². The summed E-state index contributed by atoms with van der Waals surface area (Å²) < 4.78 is 21.2. The van der Waals surface area contributed by atoms with Crippen LogP contribution >= 0.6 is 11.6 Å². The number of carbonyl (C=O) groups excluding carboxylic acids is 1. The van der Waals surface area contributed by atoms with Crippen LogP contribution in [0.15, 0.2) is 54.9 Å². The van der Waals surface area contributed by atoms with Crippen LogP contribution in [0.1, 0.15) is 36.7 Å². The minimum Gasteiger partial charge on any atom is -0.487 e. The monoisotopic (exact) mass is 482 g/mol. The lowest BCUT2D eigenvalue weighted by atomic mass is 10.0. The highest BCUT2D eigenvalue weighted by Crippen LogP contribution is 2.32. The van der Waals surface area contributed by atoms with Crippen LogP contribution in [0.4, 0.5) is 4.39 Å². The molecule has 2 heterocycles. The van der Waals surface area contributed by atoms with Crippen molar-refractivity contribution < 1.29 is 19.0 Å². The SMILES string of the molecule is Cc1cc(-n2cc(F)cn2)c2cccc(OCc3c(Cl)cccc3C(C)NC(=O)[C@H](C)O)c2n1. The van der Waals surface area contributed by atoms with Crippen molar-refractivity contribution in [3.05, 3.63) is 82.5 Å². The van der Waals surface area contributed by atoms with E-state index in [1.807, 2.05) is 38.1 Å². The van der Waals surface area contributed by atoms with E-state index in [-0.39, 0.29) is 6.61 Å². The lowest BCUT2D eigenvalue weighted by molar-refractivity contribution is -0.129. The molecule has 0 radical (unpaired) electrons. The van der Waals surface area contributed by atoms with Gasteiger partial charge in [0.1, 0.15) is 24.0 Å². The van der Waals surface area contributed by atoms with Crippen molar-refractivity contribution >= 4 is 28.4 Å². The number of hydrogen-bond acceptors (Lipinski definition) is 5. The average molecular weight is 483 g/mol. The fourth-order valence-corrected chi connectivity index (χ4v) is 4.00. The molecule has 0 bridgehead atoms. The maximum absolute atomic E-state index is 13.6. The van der Waals surface area contributed by atoms with Crippen molar-refractivity contribution in [2.45, 2.75) is 39.5 Å². The Kier molecular flexibility index (Phi) is 6.81. The largest absolute Gasteiger partial charge is 0.487 e. The highest BCUT2D eigenvalue weighted by Gasteiger charge is 2.19. The second-order valence-electron chi connectivity index (χ2n) is 8.04. The zero-order valence-electron chi connectivity index (χ0n) is 18.9. The highest BCUT2D eigenvalue weighted by molar-refractivity contribution is 6.31. The van der Waals surface area contributed by atoms with Crippen LogP contribution in [-0.4, -0.2) is 31.9 Å². The number of aromatic nitrogens is 3. The number of nitrogens with one attached hydrogen (secondary N) is 1. The number of rotatable bonds is 7. The number of hydrogen-bond donors (Lipinski definition) is 2. The summed E-state index contributed by atoms with van der Waals surface area (Å²) in [6.45, 7) is 5.20. The number of para-hydroxylation sites is 1. The molecule has 0 saturated carbocycles. The van der Waals surface area contributed by atoms with Crippen LogP contribution in [-0.2, 0) is 11.4 Å². The molecule has 0 aliphatic carbocycles. The van der Waals surface area contributed by atoms with Gasteiger partial charge in [-0.3, -0.25) is 4.79 Å². The van der Waals surface area contributed by atoms with Crippen molar-refractivity contribution in [3.63, 3.8) is 0 Å². The summed E-state index contributed by atoms with van der Waals surface area (Å²) in [6, 6.07) is 12.3. The second kappa shape index (κ2) is 9.79. The van der Waals surface area contributed by atoms with Crippen LogP contribution in [0.5, 0.6) is 5.75 Å². The zero-order chi connectivity index (χ0) is 24.4. The first-order valence-electron chi connectivity index (χ1n) is 10.7.